The van der Waals surface area contributed by atoms with Crippen LogP contribution in [0.5, 0.6) is 0 Å². The van der Waals surface area contributed by atoms with E-state index in [9.17, 15) is 13.2 Å². The Labute approximate surface area is 68.3 Å². The minimum Gasteiger partial charge on any atom is -0.383 e. The molecule has 5 heteroatoms. The van der Waals surface area contributed by atoms with Gasteiger partial charge in [-0.1, -0.05) is 0 Å². The van der Waals surface area contributed by atoms with Crippen LogP contribution in [-0.2, 0) is 4.74 Å². The standard InChI is InChI=1S/C7H11F3O2/c8-7(9,10)6(11)5-2-1-3-12-4-5/h5-6,11H,1-4H2/t5-,6+/m0/s1. The second-order valence-corrected chi connectivity index (χ2v) is 2.96. The fraction of sp³-hybridized carbons (Fsp3) is 1.00. The Bertz CT molecular complexity index is 140. The van der Waals surface area contributed by atoms with Crippen LogP contribution in [0.2, 0.25) is 0 Å². The lowest BCUT2D eigenvalue weighted by Gasteiger charge is -2.27. The lowest BCUT2D eigenvalue weighted by atomic mass is 9.96. The molecule has 1 rings (SSSR count). The van der Waals surface area contributed by atoms with Gasteiger partial charge in [-0.2, -0.15) is 13.2 Å². The summed E-state index contributed by atoms with van der Waals surface area (Å²) in [5.41, 5.74) is 0. The summed E-state index contributed by atoms with van der Waals surface area (Å²) in [6.07, 6.45) is -5.75. The fourth-order valence-corrected chi connectivity index (χ4v) is 1.28. The molecule has 0 unspecified atom stereocenters. The third kappa shape index (κ3) is 2.35. The molecule has 0 radical (unpaired) electrons. The van der Waals surface area contributed by atoms with Gasteiger partial charge < -0.3 is 9.84 Å². The molecular weight excluding hydrogens is 173 g/mol. The maximum Gasteiger partial charge on any atom is 0.414 e. The van der Waals surface area contributed by atoms with Crippen LogP contribution < -0.4 is 0 Å². The van der Waals surface area contributed by atoms with E-state index >= 15 is 0 Å². The zero-order valence-corrected chi connectivity index (χ0v) is 6.47. The summed E-state index contributed by atoms with van der Waals surface area (Å²) in [7, 11) is 0. The molecule has 2 atom stereocenters. The van der Waals surface area contributed by atoms with Crippen LogP contribution in [-0.4, -0.2) is 30.6 Å². The highest BCUT2D eigenvalue weighted by Gasteiger charge is 2.43. The molecule has 1 aliphatic rings. The third-order valence-corrected chi connectivity index (χ3v) is 1.98. The maximum absolute atomic E-state index is 11.9. The Kier molecular flexibility index (Phi) is 2.95. The summed E-state index contributed by atoms with van der Waals surface area (Å²) in [6, 6.07) is 0. The number of hydrogen-bond donors (Lipinski definition) is 1. The van der Waals surface area contributed by atoms with Gasteiger partial charge in [0, 0.05) is 12.5 Å². The first-order valence-corrected chi connectivity index (χ1v) is 3.84. The second-order valence-electron chi connectivity index (χ2n) is 2.96. The molecule has 72 valence electrons. The van der Waals surface area contributed by atoms with Gasteiger partial charge in [0.05, 0.1) is 6.61 Å². The number of hydrogen-bond acceptors (Lipinski definition) is 2. The molecule has 0 aromatic carbocycles. The van der Waals surface area contributed by atoms with Gasteiger partial charge in [0.15, 0.2) is 6.10 Å². The van der Waals surface area contributed by atoms with E-state index < -0.39 is 18.2 Å². The molecule has 1 saturated heterocycles. The van der Waals surface area contributed by atoms with E-state index in [1.54, 1.807) is 0 Å². The van der Waals surface area contributed by atoms with Crippen molar-refractivity contribution in [1.82, 2.24) is 0 Å². The fourth-order valence-electron chi connectivity index (χ4n) is 1.28. The van der Waals surface area contributed by atoms with Gasteiger partial charge in [0.25, 0.3) is 0 Å². The van der Waals surface area contributed by atoms with Crippen LogP contribution in [0, 0.1) is 5.92 Å². The zero-order chi connectivity index (χ0) is 9.19. The molecule has 1 N–H and O–H groups in total. The minimum atomic E-state index is -4.51. The van der Waals surface area contributed by atoms with Crippen molar-refractivity contribution < 1.29 is 23.0 Å². The molecule has 0 aromatic heterocycles. The lowest BCUT2D eigenvalue weighted by Crippen LogP contribution is -2.39. The summed E-state index contributed by atoms with van der Waals surface area (Å²) in [4.78, 5) is 0. The van der Waals surface area contributed by atoms with Crippen molar-refractivity contribution in [2.75, 3.05) is 13.2 Å². The van der Waals surface area contributed by atoms with Crippen molar-refractivity contribution in [3.8, 4) is 0 Å². The Balaban J connectivity index is 2.45. The molecule has 0 spiro atoms. The number of aliphatic hydroxyl groups is 1. The van der Waals surface area contributed by atoms with Gasteiger partial charge >= 0.3 is 6.18 Å². The third-order valence-electron chi connectivity index (χ3n) is 1.98. The average molecular weight is 184 g/mol. The highest BCUT2D eigenvalue weighted by Crippen LogP contribution is 2.29. The van der Waals surface area contributed by atoms with Gasteiger partial charge in [-0.25, -0.2) is 0 Å². The van der Waals surface area contributed by atoms with Gasteiger partial charge in [-0.15, -0.1) is 0 Å². The topological polar surface area (TPSA) is 29.5 Å². The number of ether oxygens (including phenoxy) is 1. The summed E-state index contributed by atoms with van der Waals surface area (Å²) in [5.74, 6) is -0.779. The molecule has 12 heavy (non-hydrogen) atoms. The van der Waals surface area contributed by atoms with Gasteiger partial charge in [-0.05, 0) is 12.8 Å². The van der Waals surface area contributed by atoms with Crippen LogP contribution in [0.15, 0.2) is 0 Å². The Morgan fingerprint density at radius 2 is 2.08 bits per heavy atom. The second kappa shape index (κ2) is 3.62. The van der Waals surface area contributed by atoms with Crippen molar-refractivity contribution in [2.45, 2.75) is 25.1 Å². The van der Waals surface area contributed by atoms with Gasteiger partial charge in [-0.3, -0.25) is 0 Å². The molecule has 1 aliphatic heterocycles. The smallest absolute Gasteiger partial charge is 0.383 e. The summed E-state index contributed by atoms with van der Waals surface area (Å²) < 4.78 is 40.6. The van der Waals surface area contributed by atoms with E-state index in [1.165, 1.54) is 0 Å². The van der Waals surface area contributed by atoms with Crippen LogP contribution >= 0.6 is 0 Å². The summed E-state index contributed by atoms with van der Waals surface area (Å²) in [5, 5.41) is 8.81. The number of aliphatic hydroxyl groups excluding tert-OH is 1. The highest BCUT2D eigenvalue weighted by atomic mass is 19.4. The maximum atomic E-state index is 11.9. The van der Waals surface area contributed by atoms with Crippen LogP contribution in [0.25, 0.3) is 0 Å². The van der Waals surface area contributed by atoms with Gasteiger partial charge in [0.2, 0.25) is 0 Å². The first kappa shape index (κ1) is 9.80. The average Bonchev–Trinajstić information content (AvgIpc) is 2.03. The van der Waals surface area contributed by atoms with Crippen LogP contribution in [0.4, 0.5) is 13.2 Å². The quantitative estimate of drug-likeness (QED) is 0.666. The van der Waals surface area contributed by atoms with Gasteiger partial charge in [0.1, 0.15) is 0 Å². The molecule has 1 fully saturated rings. The number of alkyl halides is 3. The monoisotopic (exact) mass is 184 g/mol. The predicted octanol–water partition coefficient (Wildman–Crippen LogP) is 1.34. The Hall–Kier alpha value is -0.290. The first-order chi connectivity index (χ1) is 5.52. The lowest BCUT2D eigenvalue weighted by molar-refractivity contribution is -0.228. The first-order valence-electron chi connectivity index (χ1n) is 3.84. The number of rotatable bonds is 1. The minimum absolute atomic E-state index is 0.0146. The van der Waals surface area contributed by atoms with E-state index in [0.717, 1.165) is 0 Å². The molecule has 2 nitrogen and oxygen atoms in total. The van der Waals surface area contributed by atoms with E-state index in [1.807, 2.05) is 0 Å². The Morgan fingerprint density at radius 1 is 1.42 bits per heavy atom. The van der Waals surface area contributed by atoms with Crippen molar-refractivity contribution >= 4 is 0 Å². The van der Waals surface area contributed by atoms with E-state index in [0.29, 0.717) is 19.4 Å². The van der Waals surface area contributed by atoms with E-state index in [4.69, 9.17) is 9.84 Å². The Morgan fingerprint density at radius 3 is 2.50 bits per heavy atom. The van der Waals surface area contributed by atoms with Crippen molar-refractivity contribution in [2.24, 2.45) is 5.92 Å². The molecule has 0 aromatic rings. The predicted molar refractivity (Wildman–Crippen MR) is 35.6 cm³/mol. The van der Waals surface area contributed by atoms with Crippen molar-refractivity contribution in [3.63, 3.8) is 0 Å². The largest absolute Gasteiger partial charge is 0.414 e. The summed E-state index contributed by atoms with van der Waals surface area (Å²) in [6.45, 7) is 0.516. The summed E-state index contributed by atoms with van der Waals surface area (Å²) >= 11 is 0. The SMILES string of the molecule is O[C@H]([C@H]1CCCOC1)C(F)(F)F. The van der Waals surface area contributed by atoms with Crippen molar-refractivity contribution in [1.29, 1.82) is 0 Å². The van der Waals surface area contributed by atoms with E-state index in [-0.39, 0.29) is 6.61 Å². The molecule has 0 aliphatic carbocycles. The van der Waals surface area contributed by atoms with E-state index in [2.05, 4.69) is 0 Å². The van der Waals surface area contributed by atoms with Crippen molar-refractivity contribution in [3.05, 3.63) is 0 Å². The molecule has 1 heterocycles. The highest BCUT2D eigenvalue weighted by molar-refractivity contribution is 4.77. The molecule has 0 bridgehead atoms. The van der Waals surface area contributed by atoms with Crippen LogP contribution in [0.1, 0.15) is 12.8 Å². The molecule has 0 amide bonds. The molecular formula is C7H11F3O2. The van der Waals surface area contributed by atoms with Crippen LogP contribution in [0.3, 0.4) is 0 Å². The number of halogens is 3. The normalized spacial score (nSPS) is 28.5. The zero-order valence-electron chi connectivity index (χ0n) is 6.47. The molecule has 0 saturated carbocycles.